The summed E-state index contributed by atoms with van der Waals surface area (Å²) in [6.07, 6.45) is 1.96. The number of esters is 1. The number of carbonyl (C=O) groups excluding carboxylic acids is 1. The Hall–Kier alpha value is -0.640. The van der Waals surface area contributed by atoms with Crippen LogP contribution in [0.3, 0.4) is 0 Å². The van der Waals surface area contributed by atoms with E-state index in [2.05, 4.69) is 17.0 Å². The molecule has 1 aromatic rings. The highest BCUT2D eigenvalue weighted by Crippen LogP contribution is 2.22. The molecule has 6 heteroatoms. The van der Waals surface area contributed by atoms with Crippen LogP contribution in [0.4, 0.5) is 5.69 Å². The van der Waals surface area contributed by atoms with E-state index >= 15 is 0 Å². The van der Waals surface area contributed by atoms with E-state index in [4.69, 9.17) is 39.5 Å². The summed E-state index contributed by atoms with van der Waals surface area (Å²) < 4.78 is 4.97. The Bertz CT molecular complexity index is 437. The zero-order valence-electron chi connectivity index (χ0n) is 12.6. The molecule has 0 bridgehead atoms. The fourth-order valence-electron chi connectivity index (χ4n) is 2.24. The predicted molar refractivity (Wildman–Crippen MR) is 94.7 cm³/mol. The number of rotatable bonds is 11. The second kappa shape index (κ2) is 11.9. The van der Waals surface area contributed by atoms with Gasteiger partial charge in [-0.25, -0.2) is 0 Å². The fraction of sp³-hybridized carbons (Fsp3) is 0.562. The topological polar surface area (TPSA) is 29.5 Å². The first kappa shape index (κ1) is 19.4. The number of hydrogen-bond acceptors (Lipinski definition) is 3. The Balaban J connectivity index is 2.60. The Kier molecular flexibility index (Phi) is 10.5. The van der Waals surface area contributed by atoms with Crippen molar-refractivity contribution in [3.8, 4) is 0 Å². The molecule has 0 aromatic heterocycles. The standard InChI is InChI=1S/C16H22Cl3NO2/c17-8-11-20(12-9-18)15-6-2-1-4-14(15)5-3-7-16(21)22-13-10-19/h1-2,4,6H,3,5,7-13H2. The van der Waals surface area contributed by atoms with Crippen LogP contribution >= 0.6 is 34.8 Å². The number of para-hydroxylation sites is 1. The van der Waals surface area contributed by atoms with Gasteiger partial charge in [-0.3, -0.25) is 4.79 Å². The van der Waals surface area contributed by atoms with Crippen molar-refractivity contribution in [1.29, 1.82) is 0 Å². The molecule has 0 aliphatic carbocycles. The summed E-state index contributed by atoms with van der Waals surface area (Å²) in [5, 5.41) is 0. The lowest BCUT2D eigenvalue weighted by molar-refractivity contribution is -0.143. The zero-order valence-corrected chi connectivity index (χ0v) is 14.8. The average Bonchev–Trinajstić information content (AvgIpc) is 2.53. The van der Waals surface area contributed by atoms with Gasteiger partial charge in [0.25, 0.3) is 0 Å². The number of ether oxygens (including phenoxy) is 1. The van der Waals surface area contributed by atoms with Gasteiger partial charge in [0.15, 0.2) is 0 Å². The maximum absolute atomic E-state index is 11.5. The molecule has 0 spiro atoms. The van der Waals surface area contributed by atoms with Crippen LogP contribution in [0.2, 0.25) is 0 Å². The first-order chi connectivity index (χ1) is 10.7. The van der Waals surface area contributed by atoms with E-state index in [0.29, 0.717) is 24.1 Å². The monoisotopic (exact) mass is 365 g/mol. The number of alkyl halides is 3. The summed E-state index contributed by atoms with van der Waals surface area (Å²) in [5.41, 5.74) is 2.33. The summed E-state index contributed by atoms with van der Waals surface area (Å²) in [4.78, 5) is 13.7. The van der Waals surface area contributed by atoms with Gasteiger partial charge in [-0.1, -0.05) is 18.2 Å². The minimum Gasteiger partial charge on any atom is -0.464 e. The third-order valence-corrected chi connectivity index (χ3v) is 3.70. The van der Waals surface area contributed by atoms with E-state index in [1.165, 1.54) is 5.56 Å². The summed E-state index contributed by atoms with van der Waals surface area (Å²) in [6.45, 7) is 1.78. The average molecular weight is 367 g/mol. The van der Waals surface area contributed by atoms with Crippen molar-refractivity contribution in [3.63, 3.8) is 0 Å². The third kappa shape index (κ3) is 7.08. The van der Waals surface area contributed by atoms with Gasteiger partial charge in [-0.15, -0.1) is 34.8 Å². The summed E-state index contributed by atoms with van der Waals surface area (Å²) in [5.74, 6) is 1.24. The highest BCUT2D eigenvalue weighted by atomic mass is 35.5. The minimum atomic E-state index is -0.198. The van der Waals surface area contributed by atoms with Gasteiger partial charge >= 0.3 is 5.97 Å². The number of nitrogens with zero attached hydrogens (tertiary/aromatic N) is 1. The molecule has 3 nitrogen and oxygen atoms in total. The molecule has 0 N–H and O–H groups in total. The van der Waals surface area contributed by atoms with Gasteiger partial charge in [-0.05, 0) is 24.5 Å². The first-order valence-electron chi connectivity index (χ1n) is 7.39. The second-order valence-electron chi connectivity index (χ2n) is 4.76. The minimum absolute atomic E-state index is 0.198. The maximum Gasteiger partial charge on any atom is 0.305 e. The molecule has 0 unspecified atom stereocenters. The Labute approximate surface area is 147 Å². The SMILES string of the molecule is O=C(CCCc1ccccc1N(CCCl)CCCl)OCCCl. The number of carbonyl (C=O) groups is 1. The maximum atomic E-state index is 11.5. The van der Waals surface area contributed by atoms with Crippen LogP contribution in [0.5, 0.6) is 0 Å². The van der Waals surface area contributed by atoms with Crippen LogP contribution in [0.25, 0.3) is 0 Å². The smallest absolute Gasteiger partial charge is 0.305 e. The van der Waals surface area contributed by atoms with E-state index in [1.807, 2.05) is 12.1 Å². The van der Waals surface area contributed by atoms with Crippen LogP contribution in [-0.4, -0.2) is 43.3 Å². The van der Waals surface area contributed by atoms with Crippen LogP contribution < -0.4 is 4.90 Å². The molecule has 0 amide bonds. The summed E-state index contributed by atoms with van der Waals surface area (Å²) >= 11 is 17.2. The van der Waals surface area contributed by atoms with Gasteiger partial charge in [0.05, 0.1) is 5.88 Å². The van der Waals surface area contributed by atoms with Gasteiger partial charge in [0.2, 0.25) is 0 Å². The summed E-state index contributed by atoms with van der Waals surface area (Å²) in [7, 11) is 0. The van der Waals surface area contributed by atoms with Crippen LogP contribution in [-0.2, 0) is 16.0 Å². The van der Waals surface area contributed by atoms with Gasteiger partial charge in [-0.2, -0.15) is 0 Å². The summed E-state index contributed by atoms with van der Waals surface area (Å²) in [6, 6.07) is 8.16. The molecule has 0 radical (unpaired) electrons. The zero-order chi connectivity index (χ0) is 16.2. The van der Waals surface area contributed by atoms with E-state index in [0.717, 1.165) is 31.6 Å². The molecule has 0 fully saturated rings. The fourth-order valence-corrected chi connectivity index (χ4v) is 2.72. The Morgan fingerprint density at radius 3 is 2.36 bits per heavy atom. The normalized spacial score (nSPS) is 10.5. The second-order valence-corrected chi connectivity index (χ2v) is 5.89. The van der Waals surface area contributed by atoms with Crippen molar-refractivity contribution in [2.24, 2.45) is 0 Å². The van der Waals surface area contributed by atoms with Gasteiger partial charge in [0.1, 0.15) is 6.61 Å². The molecule has 0 aliphatic heterocycles. The molecule has 0 saturated heterocycles. The van der Waals surface area contributed by atoms with E-state index in [-0.39, 0.29) is 12.6 Å². The number of benzene rings is 1. The quantitative estimate of drug-likeness (QED) is 0.436. The lowest BCUT2D eigenvalue weighted by Gasteiger charge is -2.25. The molecular weight excluding hydrogens is 345 g/mol. The molecule has 1 aromatic carbocycles. The predicted octanol–water partition coefficient (Wildman–Crippen LogP) is 4.08. The van der Waals surface area contributed by atoms with Crippen molar-refractivity contribution < 1.29 is 9.53 Å². The number of aryl methyl sites for hydroxylation is 1. The van der Waals surface area contributed by atoms with Crippen molar-refractivity contribution in [2.75, 3.05) is 42.2 Å². The van der Waals surface area contributed by atoms with Gasteiger partial charge < -0.3 is 9.64 Å². The van der Waals surface area contributed by atoms with Gasteiger partial charge in [0, 0.05) is 37.0 Å². The van der Waals surface area contributed by atoms with Crippen LogP contribution in [0, 0.1) is 0 Å². The lowest BCUT2D eigenvalue weighted by Crippen LogP contribution is -2.28. The van der Waals surface area contributed by atoms with Crippen molar-refractivity contribution in [2.45, 2.75) is 19.3 Å². The third-order valence-electron chi connectivity index (χ3n) is 3.21. The molecule has 124 valence electrons. The highest BCUT2D eigenvalue weighted by Gasteiger charge is 2.11. The first-order valence-corrected chi connectivity index (χ1v) is 8.99. The lowest BCUT2D eigenvalue weighted by atomic mass is 10.1. The van der Waals surface area contributed by atoms with E-state index in [9.17, 15) is 4.79 Å². The number of halogens is 3. The van der Waals surface area contributed by atoms with Crippen molar-refractivity contribution >= 4 is 46.5 Å². The molecular formula is C16H22Cl3NO2. The molecule has 22 heavy (non-hydrogen) atoms. The van der Waals surface area contributed by atoms with Crippen molar-refractivity contribution in [1.82, 2.24) is 0 Å². The van der Waals surface area contributed by atoms with Crippen LogP contribution in [0.1, 0.15) is 18.4 Å². The Morgan fingerprint density at radius 2 is 1.73 bits per heavy atom. The molecule has 0 aliphatic rings. The molecule has 0 atom stereocenters. The number of anilines is 1. The van der Waals surface area contributed by atoms with Crippen molar-refractivity contribution in [3.05, 3.63) is 29.8 Å². The Morgan fingerprint density at radius 1 is 1.05 bits per heavy atom. The largest absolute Gasteiger partial charge is 0.464 e. The van der Waals surface area contributed by atoms with E-state index < -0.39 is 0 Å². The number of hydrogen-bond donors (Lipinski definition) is 0. The highest BCUT2D eigenvalue weighted by molar-refractivity contribution is 6.18. The van der Waals surface area contributed by atoms with E-state index in [1.54, 1.807) is 0 Å². The molecule has 0 heterocycles. The molecule has 1 rings (SSSR count). The molecule has 0 saturated carbocycles. The van der Waals surface area contributed by atoms with Crippen LogP contribution in [0.15, 0.2) is 24.3 Å².